The van der Waals surface area contributed by atoms with Gasteiger partial charge in [0.2, 0.25) is 0 Å². The number of rotatable bonds is 5. The van der Waals surface area contributed by atoms with E-state index < -0.39 is 0 Å². The Morgan fingerprint density at radius 3 is 2.06 bits per heavy atom. The van der Waals surface area contributed by atoms with Crippen LogP contribution in [0.5, 0.6) is 0 Å². The van der Waals surface area contributed by atoms with Crippen LogP contribution >= 0.6 is 0 Å². The number of benzene rings is 6. The van der Waals surface area contributed by atoms with Gasteiger partial charge < -0.3 is 0 Å². The fraction of sp³-hybridized carbons (Fsp3) is 0.0682. The lowest BCUT2D eigenvalue weighted by Crippen LogP contribution is -2.17. The highest BCUT2D eigenvalue weighted by atomic mass is 15.4. The Bertz CT molecular complexity index is 2720. The van der Waals surface area contributed by atoms with Crippen molar-refractivity contribution in [3.8, 4) is 27.9 Å². The van der Waals surface area contributed by atoms with Crippen LogP contribution in [0.3, 0.4) is 0 Å². The van der Waals surface area contributed by atoms with Gasteiger partial charge in [0.05, 0.1) is 10.9 Å². The molecule has 1 aliphatic carbocycles. The zero-order valence-electron chi connectivity index (χ0n) is 27.7. The third kappa shape index (κ3) is 4.18. The number of nitrogens with zero attached hydrogens (tertiary/aromatic N) is 6. The third-order valence-electron chi connectivity index (χ3n) is 10.3. The zero-order chi connectivity index (χ0) is 33.4. The maximum Gasteiger partial charge on any atom is 0.254 e. The van der Waals surface area contributed by atoms with E-state index in [2.05, 4.69) is 163 Å². The zero-order valence-corrected chi connectivity index (χ0v) is 27.7. The summed E-state index contributed by atoms with van der Waals surface area (Å²) in [7, 11) is 0. The summed E-state index contributed by atoms with van der Waals surface area (Å²) in [6, 6.07) is 53.5. The molecule has 9 aromatic rings. The predicted octanol–water partition coefficient (Wildman–Crippen LogP) is 10.7. The molecule has 6 heteroatoms. The fourth-order valence-corrected chi connectivity index (χ4v) is 7.82. The van der Waals surface area contributed by atoms with E-state index in [-0.39, 0.29) is 5.41 Å². The molecule has 3 aromatic heterocycles. The summed E-state index contributed by atoms with van der Waals surface area (Å²) < 4.78 is 4.03. The first-order valence-corrected chi connectivity index (χ1v) is 17.0. The van der Waals surface area contributed by atoms with E-state index >= 15 is 0 Å². The number of para-hydroxylation sites is 2. The highest BCUT2D eigenvalue weighted by Crippen LogP contribution is 2.50. The molecule has 3 heterocycles. The van der Waals surface area contributed by atoms with Crippen LogP contribution < -0.4 is 4.90 Å². The van der Waals surface area contributed by atoms with Crippen LogP contribution in [0.4, 0.5) is 17.3 Å². The molecule has 0 saturated heterocycles. The minimum Gasteiger partial charge on any atom is -0.294 e. The second-order valence-electron chi connectivity index (χ2n) is 13.5. The summed E-state index contributed by atoms with van der Waals surface area (Å²) in [5.41, 5.74) is 13.1. The molecule has 0 N–H and O–H groups in total. The molecule has 0 bridgehead atoms. The van der Waals surface area contributed by atoms with Crippen molar-refractivity contribution in [1.29, 1.82) is 0 Å². The number of anilines is 3. The molecule has 0 amide bonds. The maximum atomic E-state index is 5.33. The standard InChI is InChI=1S/C44H32N6/c1-44(2)37-19-11-9-17-34(37)35-26-25-33(27-38(35)44)49(32-23-21-30(22-24-32)29-13-5-3-6-14-29)43-46-42-40-36-18-10-12-20-39(36)50(31-15-7-4-8-16-31)41(40)45-28-48(42)47-43/h3-28H,1-2H3. The normalized spacial score (nSPS) is 13.2. The van der Waals surface area contributed by atoms with E-state index in [0.29, 0.717) is 5.95 Å². The molecule has 6 nitrogen and oxygen atoms in total. The van der Waals surface area contributed by atoms with E-state index in [1.807, 2.05) is 16.6 Å². The topological polar surface area (TPSA) is 51.2 Å². The van der Waals surface area contributed by atoms with Crippen LogP contribution in [0.15, 0.2) is 158 Å². The average molecular weight is 645 g/mol. The number of aromatic nitrogens is 5. The molecule has 0 radical (unpaired) electrons. The van der Waals surface area contributed by atoms with E-state index in [1.54, 1.807) is 6.33 Å². The van der Waals surface area contributed by atoms with Crippen LogP contribution in [0.2, 0.25) is 0 Å². The van der Waals surface area contributed by atoms with Crippen LogP contribution in [0.25, 0.3) is 55.5 Å². The van der Waals surface area contributed by atoms with Crippen LogP contribution in [-0.2, 0) is 5.41 Å². The Labute approximate surface area is 289 Å². The van der Waals surface area contributed by atoms with Crippen molar-refractivity contribution in [3.05, 3.63) is 169 Å². The smallest absolute Gasteiger partial charge is 0.254 e. The number of fused-ring (bicyclic) bond motifs is 8. The molecule has 0 unspecified atom stereocenters. The quantitative estimate of drug-likeness (QED) is 0.187. The van der Waals surface area contributed by atoms with E-state index in [0.717, 1.165) is 50.2 Å². The van der Waals surface area contributed by atoms with E-state index in [4.69, 9.17) is 15.1 Å². The number of hydrogen-bond acceptors (Lipinski definition) is 4. The van der Waals surface area contributed by atoms with Crippen LogP contribution in [-0.4, -0.2) is 24.1 Å². The van der Waals surface area contributed by atoms with Gasteiger partial charge in [-0.05, 0) is 75.8 Å². The summed E-state index contributed by atoms with van der Waals surface area (Å²) in [6.07, 6.45) is 1.78. The van der Waals surface area contributed by atoms with Gasteiger partial charge in [-0.15, -0.1) is 5.10 Å². The van der Waals surface area contributed by atoms with Crippen LogP contribution in [0.1, 0.15) is 25.0 Å². The molecular formula is C44H32N6. The van der Waals surface area contributed by atoms with Crippen molar-refractivity contribution in [2.24, 2.45) is 0 Å². The van der Waals surface area contributed by atoms with Crippen molar-refractivity contribution in [3.63, 3.8) is 0 Å². The molecule has 0 fully saturated rings. The minimum absolute atomic E-state index is 0.146. The molecule has 6 aromatic carbocycles. The predicted molar refractivity (Wildman–Crippen MR) is 203 cm³/mol. The second-order valence-corrected chi connectivity index (χ2v) is 13.5. The van der Waals surface area contributed by atoms with Crippen molar-refractivity contribution in [2.75, 3.05) is 4.90 Å². The second kappa shape index (κ2) is 10.7. The maximum absolute atomic E-state index is 5.33. The first kappa shape index (κ1) is 28.5. The Morgan fingerprint density at radius 1 is 0.580 bits per heavy atom. The summed E-state index contributed by atoms with van der Waals surface area (Å²) in [6.45, 7) is 4.63. The highest BCUT2D eigenvalue weighted by molar-refractivity contribution is 6.14. The lowest BCUT2D eigenvalue weighted by molar-refractivity contribution is 0.660. The Morgan fingerprint density at radius 2 is 1.24 bits per heavy atom. The van der Waals surface area contributed by atoms with Crippen molar-refractivity contribution >= 4 is 44.9 Å². The van der Waals surface area contributed by atoms with Gasteiger partial charge >= 0.3 is 0 Å². The first-order chi connectivity index (χ1) is 24.6. The first-order valence-electron chi connectivity index (χ1n) is 17.0. The van der Waals surface area contributed by atoms with Gasteiger partial charge in [0.25, 0.3) is 5.95 Å². The molecule has 0 atom stereocenters. The Kier molecular flexibility index (Phi) is 6.12. The molecule has 0 aliphatic heterocycles. The van der Waals surface area contributed by atoms with Crippen molar-refractivity contribution in [1.82, 2.24) is 24.1 Å². The van der Waals surface area contributed by atoms with Crippen molar-refractivity contribution < 1.29 is 0 Å². The van der Waals surface area contributed by atoms with Gasteiger partial charge in [0.1, 0.15) is 6.33 Å². The Balaban J connectivity index is 1.19. The molecule has 0 spiro atoms. The molecular weight excluding hydrogens is 613 g/mol. The van der Waals surface area contributed by atoms with Gasteiger partial charge in [-0.3, -0.25) is 9.47 Å². The lowest BCUT2D eigenvalue weighted by atomic mass is 9.82. The largest absolute Gasteiger partial charge is 0.294 e. The molecule has 50 heavy (non-hydrogen) atoms. The van der Waals surface area contributed by atoms with Gasteiger partial charge in [-0.2, -0.15) is 9.50 Å². The Hall–Kier alpha value is -6.53. The van der Waals surface area contributed by atoms with Crippen LogP contribution in [0, 0.1) is 0 Å². The fourth-order valence-electron chi connectivity index (χ4n) is 7.82. The molecule has 1 aliphatic rings. The van der Waals surface area contributed by atoms with E-state index in [9.17, 15) is 0 Å². The minimum atomic E-state index is -0.146. The average Bonchev–Trinajstić information content (AvgIpc) is 3.81. The van der Waals surface area contributed by atoms with Gasteiger partial charge in [0, 0.05) is 27.9 Å². The van der Waals surface area contributed by atoms with Gasteiger partial charge in [-0.25, -0.2) is 4.98 Å². The van der Waals surface area contributed by atoms with Gasteiger partial charge in [0.15, 0.2) is 11.3 Å². The molecule has 0 saturated carbocycles. The summed E-state index contributed by atoms with van der Waals surface area (Å²) >= 11 is 0. The number of hydrogen-bond donors (Lipinski definition) is 0. The summed E-state index contributed by atoms with van der Waals surface area (Å²) in [5, 5.41) is 7.17. The SMILES string of the molecule is CC1(C)c2ccccc2-c2ccc(N(c3ccc(-c4ccccc4)cc3)c3nc4c5c6ccccc6n(-c6ccccc6)c5ncn4n3)cc21. The monoisotopic (exact) mass is 644 g/mol. The van der Waals surface area contributed by atoms with Gasteiger partial charge in [-0.1, -0.05) is 123 Å². The highest BCUT2D eigenvalue weighted by Gasteiger charge is 2.36. The van der Waals surface area contributed by atoms with E-state index in [1.165, 1.54) is 27.8 Å². The third-order valence-corrected chi connectivity index (χ3v) is 10.3. The molecule has 10 rings (SSSR count). The summed E-state index contributed by atoms with van der Waals surface area (Å²) in [5.74, 6) is 0.580. The summed E-state index contributed by atoms with van der Waals surface area (Å²) in [4.78, 5) is 12.5. The molecule has 238 valence electrons. The van der Waals surface area contributed by atoms with Crippen molar-refractivity contribution in [2.45, 2.75) is 19.3 Å². The lowest BCUT2D eigenvalue weighted by Gasteiger charge is -2.25.